The number of hydrogen-bond donors (Lipinski definition) is 0. The molecule has 27 heavy (non-hydrogen) atoms. The highest BCUT2D eigenvalue weighted by Crippen LogP contribution is 2.34. The van der Waals surface area contributed by atoms with Crippen LogP contribution in [0.15, 0.2) is 52.5 Å². The smallest absolute Gasteiger partial charge is 0.244 e. The molecule has 7 heteroatoms. The number of halogens is 1. The van der Waals surface area contributed by atoms with Crippen LogP contribution in [0, 0.1) is 5.82 Å². The van der Waals surface area contributed by atoms with Crippen LogP contribution in [-0.4, -0.2) is 30.8 Å². The first-order valence-electron chi connectivity index (χ1n) is 9.24. The molecule has 1 aliphatic rings. The van der Waals surface area contributed by atoms with Gasteiger partial charge in [-0.25, -0.2) is 17.8 Å². The summed E-state index contributed by atoms with van der Waals surface area (Å²) in [5.41, 5.74) is 0.997. The standard InChI is InChI=1S/C20H25FN2O2S2/c1-15(16-8-10-17(21)11-9-16)26-20-13-12-19(14-22-20)27(24,25)23(2)18-6-4-3-5-7-18/h8-15,18H,3-7H2,1-2H3/t15-/m0/s1. The van der Waals surface area contributed by atoms with Crippen molar-refractivity contribution < 1.29 is 12.8 Å². The second-order valence-electron chi connectivity index (χ2n) is 6.96. The van der Waals surface area contributed by atoms with Crippen molar-refractivity contribution >= 4 is 21.8 Å². The predicted octanol–water partition coefficient (Wildman–Crippen LogP) is 5.03. The fraction of sp³-hybridized carbons (Fsp3) is 0.450. The van der Waals surface area contributed by atoms with Gasteiger partial charge in [0.2, 0.25) is 10.0 Å². The van der Waals surface area contributed by atoms with Crippen LogP contribution < -0.4 is 0 Å². The Balaban J connectivity index is 1.69. The first-order valence-corrected chi connectivity index (χ1v) is 11.6. The number of sulfonamides is 1. The summed E-state index contributed by atoms with van der Waals surface area (Å²) < 4.78 is 40.3. The van der Waals surface area contributed by atoms with Crippen molar-refractivity contribution in [1.29, 1.82) is 0 Å². The lowest BCUT2D eigenvalue weighted by atomic mass is 9.96. The quantitative estimate of drug-likeness (QED) is 0.629. The maximum Gasteiger partial charge on any atom is 0.244 e. The van der Waals surface area contributed by atoms with Crippen molar-refractivity contribution in [2.24, 2.45) is 0 Å². The topological polar surface area (TPSA) is 50.3 Å². The molecule has 0 aliphatic heterocycles. The molecule has 0 bridgehead atoms. The molecular weight excluding hydrogens is 383 g/mol. The van der Waals surface area contributed by atoms with Crippen molar-refractivity contribution in [2.45, 2.75) is 60.2 Å². The zero-order chi connectivity index (χ0) is 19.4. The number of thioether (sulfide) groups is 1. The van der Waals surface area contributed by atoms with E-state index >= 15 is 0 Å². The van der Waals surface area contributed by atoms with Gasteiger partial charge in [-0.2, -0.15) is 4.31 Å². The van der Waals surface area contributed by atoms with Crippen molar-refractivity contribution in [3.8, 4) is 0 Å². The third kappa shape index (κ3) is 4.89. The van der Waals surface area contributed by atoms with Gasteiger partial charge >= 0.3 is 0 Å². The fourth-order valence-electron chi connectivity index (χ4n) is 3.38. The number of aromatic nitrogens is 1. The number of nitrogens with zero attached hydrogens (tertiary/aromatic N) is 2. The van der Waals surface area contributed by atoms with Crippen LogP contribution in [0.1, 0.15) is 49.8 Å². The van der Waals surface area contributed by atoms with Crippen molar-refractivity contribution in [1.82, 2.24) is 9.29 Å². The zero-order valence-corrected chi connectivity index (χ0v) is 17.3. The van der Waals surface area contributed by atoms with E-state index in [1.807, 2.05) is 6.92 Å². The fourth-order valence-corrected chi connectivity index (χ4v) is 5.66. The summed E-state index contributed by atoms with van der Waals surface area (Å²) in [5, 5.41) is 0.830. The van der Waals surface area contributed by atoms with Gasteiger partial charge < -0.3 is 0 Å². The number of hydrogen-bond acceptors (Lipinski definition) is 4. The van der Waals surface area contributed by atoms with E-state index < -0.39 is 10.0 Å². The Hall–Kier alpha value is -1.44. The van der Waals surface area contributed by atoms with Gasteiger partial charge in [-0.05, 0) is 49.6 Å². The molecule has 4 nitrogen and oxygen atoms in total. The Labute approximate surface area is 165 Å². The molecule has 1 saturated carbocycles. The molecule has 1 aromatic carbocycles. The molecule has 0 saturated heterocycles. The van der Waals surface area contributed by atoms with E-state index in [-0.39, 0.29) is 22.0 Å². The van der Waals surface area contributed by atoms with E-state index in [2.05, 4.69) is 4.98 Å². The molecule has 3 rings (SSSR count). The number of pyridine rings is 1. The third-order valence-electron chi connectivity index (χ3n) is 5.11. The molecule has 0 unspecified atom stereocenters. The summed E-state index contributed by atoms with van der Waals surface area (Å²) in [6, 6.07) is 9.84. The van der Waals surface area contributed by atoms with Gasteiger partial charge in [-0.1, -0.05) is 43.2 Å². The van der Waals surface area contributed by atoms with Gasteiger partial charge in [-0.3, -0.25) is 0 Å². The predicted molar refractivity (Wildman–Crippen MR) is 107 cm³/mol. The summed E-state index contributed by atoms with van der Waals surface area (Å²) in [7, 11) is -1.85. The molecule has 1 aliphatic carbocycles. The van der Waals surface area contributed by atoms with E-state index in [0.717, 1.165) is 36.3 Å². The molecular formula is C20H25FN2O2S2. The number of benzene rings is 1. The van der Waals surface area contributed by atoms with Crippen molar-refractivity contribution in [2.75, 3.05) is 7.05 Å². The first kappa shape index (κ1) is 20.3. The molecule has 0 radical (unpaired) electrons. The Morgan fingerprint density at radius 2 is 1.78 bits per heavy atom. The van der Waals surface area contributed by atoms with Gasteiger partial charge in [0.25, 0.3) is 0 Å². The molecule has 0 N–H and O–H groups in total. The highest BCUT2D eigenvalue weighted by molar-refractivity contribution is 7.99. The highest BCUT2D eigenvalue weighted by atomic mass is 32.2. The van der Waals surface area contributed by atoms with E-state index in [9.17, 15) is 12.8 Å². The lowest BCUT2D eigenvalue weighted by Crippen LogP contribution is -2.38. The van der Waals surface area contributed by atoms with E-state index in [4.69, 9.17) is 0 Å². The van der Waals surface area contributed by atoms with Gasteiger partial charge in [-0.15, -0.1) is 0 Å². The molecule has 1 fully saturated rings. The van der Waals surface area contributed by atoms with E-state index in [1.165, 1.54) is 40.8 Å². The lowest BCUT2D eigenvalue weighted by molar-refractivity contribution is 0.285. The third-order valence-corrected chi connectivity index (χ3v) is 8.11. The largest absolute Gasteiger partial charge is 0.249 e. The minimum absolute atomic E-state index is 0.0799. The highest BCUT2D eigenvalue weighted by Gasteiger charge is 2.29. The molecule has 1 heterocycles. The van der Waals surface area contributed by atoms with Gasteiger partial charge in [0.05, 0.1) is 5.03 Å². The summed E-state index contributed by atoms with van der Waals surface area (Å²) in [6.07, 6.45) is 6.64. The van der Waals surface area contributed by atoms with Crippen LogP contribution in [0.5, 0.6) is 0 Å². The average molecular weight is 409 g/mol. The van der Waals surface area contributed by atoms with Gasteiger partial charge in [0.1, 0.15) is 10.7 Å². The van der Waals surface area contributed by atoms with Crippen LogP contribution in [0.4, 0.5) is 4.39 Å². The molecule has 0 amide bonds. The maximum atomic E-state index is 13.1. The summed E-state index contributed by atoms with van der Waals surface area (Å²) >= 11 is 1.52. The Bertz CT molecular complexity index is 849. The molecule has 1 aromatic heterocycles. The van der Waals surface area contributed by atoms with Crippen LogP contribution in [-0.2, 0) is 10.0 Å². The minimum Gasteiger partial charge on any atom is -0.249 e. The number of rotatable bonds is 6. The Kier molecular flexibility index (Phi) is 6.55. The second kappa shape index (κ2) is 8.71. The maximum absolute atomic E-state index is 13.1. The van der Waals surface area contributed by atoms with E-state index in [1.54, 1.807) is 31.3 Å². The molecule has 146 valence electrons. The van der Waals surface area contributed by atoms with Crippen molar-refractivity contribution in [3.05, 3.63) is 54.0 Å². The van der Waals surface area contributed by atoms with E-state index in [0.29, 0.717) is 0 Å². The Morgan fingerprint density at radius 3 is 2.37 bits per heavy atom. The lowest BCUT2D eigenvalue weighted by Gasteiger charge is -2.30. The molecule has 1 atom stereocenters. The first-order chi connectivity index (χ1) is 12.9. The Morgan fingerprint density at radius 1 is 1.11 bits per heavy atom. The summed E-state index contributed by atoms with van der Waals surface area (Å²) in [6.45, 7) is 2.01. The monoisotopic (exact) mass is 408 g/mol. The average Bonchev–Trinajstić information content (AvgIpc) is 2.69. The van der Waals surface area contributed by atoms with Crippen LogP contribution in [0.25, 0.3) is 0 Å². The summed E-state index contributed by atoms with van der Waals surface area (Å²) in [5.74, 6) is -0.259. The normalized spacial score (nSPS) is 17.2. The molecule has 0 spiro atoms. The zero-order valence-electron chi connectivity index (χ0n) is 15.6. The SMILES string of the molecule is C[C@H](Sc1ccc(S(=O)(=O)N(C)C2CCCCC2)cn1)c1ccc(F)cc1. The second-order valence-corrected chi connectivity index (χ2v) is 10.3. The minimum atomic E-state index is -3.52. The van der Waals surface area contributed by atoms with Crippen LogP contribution in [0.2, 0.25) is 0 Å². The van der Waals surface area contributed by atoms with Crippen LogP contribution >= 0.6 is 11.8 Å². The van der Waals surface area contributed by atoms with Crippen LogP contribution in [0.3, 0.4) is 0 Å². The summed E-state index contributed by atoms with van der Waals surface area (Å²) in [4.78, 5) is 4.57. The van der Waals surface area contributed by atoms with Gasteiger partial charge in [0, 0.05) is 24.5 Å². The molecule has 2 aromatic rings. The van der Waals surface area contributed by atoms with Gasteiger partial charge in [0.15, 0.2) is 0 Å². The van der Waals surface area contributed by atoms with Crippen molar-refractivity contribution in [3.63, 3.8) is 0 Å².